The van der Waals surface area contributed by atoms with E-state index in [-0.39, 0.29) is 0 Å². The van der Waals surface area contributed by atoms with Crippen LogP contribution in [0.1, 0.15) is 22.7 Å². The Morgan fingerprint density at radius 2 is 2.41 bits per heavy atom. The summed E-state index contributed by atoms with van der Waals surface area (Å²) in [5.41, 5.74) is 1.21. The molecule has 2 aromatic rings. The molecule has 3 rings (SSSR count). The van der Waals surface area contributed by atoms with Gasteiger partial charge in [-0.15, -0.1) is 0 Å². The molecular formula is C12H13N3O2. The van der Waals surface area contributed by atoms with Crippen molar-refractivity contribution in [1.82, 2.24) is 9.55 Å². The fourth-order valence-corrected chi connectivity index (χ4v) is 2.13. The summed E-state index contributed by atoms with van der Waals surface area (Å²) in [6.45, 7) is 3.59. The summed E-state index contributed by atoms with van der Waals surface area (Å²) in [6, 6.07) is 3.71. The third-order valence-electron chi connectivity index (χ3n) is 2.93. The van der Waals surface area contributed by atoms with E-state index in [1.165, 1.54) is 0 Å². The maximum atomic E-state index is 11.2. The second-order valence-electron chi connectivity index (χ2n) is 4.13. The van der Waals surface area contributed by atoms with E-state index < -0.39 is 0 Å². The lowest BCUT2D eigenvalue weighted by atomic mass is 10.2. The van der Waals surface area contributed by atoms with Crippen LogP contribution in [0.4, 0.5) is 5.95 Å². The predicted octanol–water partition coefficient (Wildman–Crippen LogP) is 2.08. The van der Waals surface area contributed by atoms with Crippen LogP contribution in [0.15, 0.2) is 16.5 Å². The molecule has 5 nitrogen and oxygen atoms in total. The molecule has 0 radical (unpaired) electrons. The Morgan fingerprint density at radius 3 is 3.12 bits per heavy atom. The highest BCUT2D eigenvalue weighted by Gasteiger charge is 2.21. The van der Waals surface area contributed by atoms with Gasteiger partial charge in [0.2, 0.25) is 5.95 Å². The van der Waals surface area contributed by atoms with Crippen LogP contribution in [0.2, 0.25) is 0 Å². The molecule has 0 bridgehead atoms. The van der Waals surface area contributed by atoms with Gasteiger partial charge in [0.15, 0.2) is 12.0 Å². The number of anilines is 1. The van der Waals surface area contributed by atoms with Crippen LogP contribution in [-0.4, -0.2) is 22.4 Å². The summed E-state index contributed by atoms with van der Waals surface area (Å²) in [5.74, 6) is 2.21. The van der Waals surface area contributed by atoms with E-state index in [4.69, 9.17) is 4.42 Å². The number of aromatic nitrogens is 2. The van der Waals surface area contributed by atoms with Crippen LogP contribution in [-0.2, 0) is 6.54 Å². The summed E-state index contributed by atoms with van der Waals surface area (Å²) in [5, 5.41) is 3.19. The number of imidazole rings is 1. The van der Waals surface area contributed by atoms with Crippen molar-refractivity contribution < 1.29 is 9.21 Å². The van der Waals surface area contributed by atoms with Crippen molar-refractivity contribution in [3.63, 3.8) is 0 Å². The summed E-state index contributed by atoms with van der Waals surface area (Å²) < 4.78 is 7.43. The van der Waals surface area contributed by atoms with Gasteiger partial charge in [0.25, 0.3) is 0 Å². The first-order valence-electron chi connectivity index (χ1n) is 5.66. The molecule has 0 unspecified atom stereocenters. The molecule has 0 fully saturated rings. The van der Waals surface area contributed by atoms with Gasteiger partial charge in [0.1, 0.15) is 17.1 Å². The minimum absolute atomic E-state index is 0.585. The molecule has 0 spiro atoms. The first kappa shape index (κ1) is 10.1. The number of carbonyl (C=O) groups is 1. The van der Waals surface area contributed by atoms with Gasteiger partial charge in [-0.3, -0.25) is 4.79 Å². The van der Waals surface area contributed by atoms with E-state index in [0.717, 1.165) is 37.5 Å². The van der Waals surface area contributed by atoms with Crippen molar-refractivity contribution in [2.75, 3.05) is 11.9 Å². The van der Waals surface area contributed by atoms with E-state index in [1.807, 2.05) is 23.6 Å². The van der Waals surface area contributed by atoms with E-state index in [1.54, 1.807) is 0 Å². The van der Waals surface area contributed by atoms with Crippen LogP contribution in [0, 0.1) is 6.92 Å². The molecule has 88 valence electrons. The van der Waals surface area contributed by atoms with E-state index in [0.29, 0.717) is 17.1 Å². The molecule has 0 saturated carbocycles. The largest absolute Gasteiger partial charge is 0.460 e. The number of furan rings is 1. The second-order valence-corrected chi connectivity index (χ2v) is 4.13. The average Bonchev–Trinajstić information content (AvgIpc) is 2.91. The lowest BCUT2D eigenvalue weighted by Gasteiger charge is -2.15. The Hall–Kier alpha value is -2.04. The Labute approximate surface area is 98.5 Å². The maximum absolute atomic E-state index is 11.2. The fourth-order valence-electron chi connectivity index (χ4n) is 2.13. The molecule has 0 amide bonds. The predicted molar refractivity (Wildman–Crippen MR) is 63.2 cm³/mol. The summed E-state index contributed by atoms with van der Waals surface area (Å²) >= 11 is 0. The number of aryl methyl sites for hydroxylation is 1. The highest BCUT2D eigenvalue weighted by molar-refractivity contribution is 5.84. The van der Waals surface area contributed by atoms with Crippen LogP contribution in [0.25, 0.3) is 11.5 Å². The minimum Gasteiger partial charge on any atom is -0.460 e. The average molecular weight is 231 g/mol. The molecule has 2 aromatic heterocycles. The molecule has 0 atom stereocenters. The van der Waals surface area contributed by atoms with E-state index in [2.05, 4.69) is 10.3 Å². The number of fused-ring (bicyclic) bond motifs is 1. The monoisotopic (exact) mass is 231 g/mol. The summed E-state index contributed by atoms with van der Waals surface area (Å²) in [7, 11) is 0. The molecule has 17 heavy (non-hydrogen) atoms. The van der Waals surface area contributed by atoms with Gasteiger partial charge in [0, 0.05) is 13.1 Å². The first-order chi connectivity index (χ1) is 8.29. The van der Waals surface area contributed by atoms with E-state index >= 15 is 0 Å². The van der Waals surface area contributed by atoms with Crippen LogP contribution in [0.5, 0.6) is 0 Å². The van der Waals surface area contributed by atoms with Crippen LogP contribution >= 0.6 is 0 Å². The second kappa shape index (κ2) is 3.76. The summed E-state index contributed by atoms with van der Waals surface area (Å²) in [6.07, 6.45) is 1.84. The first-order valence-corrected chi connectivity index (χ1v) is 5.66. The Kier molecular flexibility index (Phi) is 2.24. The number of nitrogens with zero attached hydrogens (tertiary/aromatic N) is 2. The van der Waals surface area contributed by atoms with Gasteiger partial charge in [-0.25, -0.2) is 4.98 Å². The Bertz CT molecular complexity index is 568. The zero-order valence-corrected chi connectivity index (χ0v) is 9.56. The molecule has 0 aromatic carbocycles. The van der Waals surface area contributed by atoms with Gasteiger partial charge in [-0.05, 0) is 25.5 Å². The molecule has 1 aliphatic rings. The quantitative estimate of drug-likeness (QED) is 0.804. The SMILES string of the molecule is Cc1ccc(-c2nc3n(c2C=O)CCCN3)o1. The van der Waals surface area contributed by atoms with Crippen LogP contribution < -0.4 is 5.32 Å². The number of nitrogens with one attached hydrogen (secondary N) is 1. The third kappa shape index (κ3) is 1.54. The zero-order chi connectivity index (χ0) is 11.8. The number of aldehydes is 1. The highest BCUT2D eigenvalue weighted by atomic mass is 16.3. The van der Waals surface area contributed by atoms with Crippen molar-refractivity contribution in [2.24, 2.45) is 0 Å². The molecule has 1 N–H and O–H groups in total. The maximum Gasteiger partial charge on any atom is 0.204 e. The Balaban J connectivity index is 2.16. The van der Waals surface area contributed by atoms with Crippen molar-refractivity contribution in [1.29, 1.82) is 0 Å². The molecule has 0 aliphatic carbocycles. The lowest BCUT2D eigenvalue weighted by Crippen LogP contribution is -2.18. The minimum atomic E-state index is 0.585. The molecule has 3 heterocycles. The molecule has 0 saturated heterocycles. The third-order valence-corrected chi connectivity index (χ3v) is 2.93. The van der Waals surface area contributed by atoms with Gasteiger partial charge < -0.3 is 14.3 Å². The van der Waals surface area contributed by atoms with E-state index in [9.17, 15) is 4.79 Å². The Morgan fingerprint density at radius 1 is 1.53 bits per heavy atom. The van der Waals surface area contributed by atoms with Crippen molar-refractivity contribution in [3.8, 4) is 11.5 Å². The topological polar surface area (TPSA) is 60.1 Å². The van der Waals surface area contributed by atoms with Gasteiger partial charge in [0.05, 0.1) is 0 Å². The van der Waals surface area contributed by atoms with Gasteiger partial charge in [-0.1, -0.05) is 0 Å². The van der Waals surface area contributed by atoms with Crippen molar-refractivity contribution >= 4 is 12.2 Å². The number of hydrogen-bond acceptors (Lipinski definition) is 4. The molecule has 5 heteroatoms. The molecular weight excluding hydrogens is 218 g/mol. The molecule has 1 aliphatic heterocycles. The number of hydrogen-bond donors (Lipinski definition) is 1. The summed E-state index contributed by atoms with van der Waals surface area (Å²) in [4.78, 5) is 15.6. The van der Waals surface area contributed by atoms with Crippen molar-refractivity contribution in [3.05, 3.63) is 23.6 Å². The highest BCUT2D eigenvalue weighted by Crippen LogP contribution is 2.28. The lowest BCUT2D eigenvalue weighted by molar-refractivity contribution is 0.111. The van der Waals surface area contributed by atoms with Gasteiger partial charge >= 0.3 is 0 Å². The standard InChI is InChI=1S/C12H13N3O2/c1-8-3-4-10(17-8)11-9(7-16)15-6-2-5-13-12(15)14-11/h3-4,7H,2,5-6H2,1H3,(H,13,14). The van der Waals surface area contributed by atoms with Crippen molar-refractivity contribution in [2.45, 2.75) is 19.9 Å². The number of carbonyl (C=O) groups excluding carboxylic acids is 1. The zero-order valence-electron chi connectivity index (χ0n) is 9.56. The number of rotatable bonds is 2. The fraction of sp³-hybridized carbons (Fsp3) is 0.333. The smallest absolute Gasteiger partial charge is 0.204 e. The normalized spacial score (nSPS) is 14.2. The van der Waals surface area contributed by atoms with Gasteiger partial charge in [-0.2, -0.15) is 0 Å². The van der Waals surface area contributed by atoms with Crippen LogP contribution in [0.3, 0.4) is 0 Å².